The third kappa shape index (κ3) is 3.14. The largest absolute Gasteiger partial charge is 0.356 e. The molecule has 3 rings (SSSR count). The van der Waals surface area contributed by atoms with Crippen LogP contribution in [-0.4, -0.2) is 36.9 Å². The number of carbonyl (C=O) groups is 2. The predicted octanol–water partition coefficient (Wildman–Crippen LogP) is 1.96. The van der Waals surface area contributed by atoms with E-state index in [1.54, 1.807) is 0 Å². The van der Waals surface area contributed by atoms with Crippen LogP contribution in [0, 0.1) is 23.7 Å². The highest BCUT2D eigenvalue weighted by Crippen LogP contribution is 2.43. The standard InChI is InChI=1S/C17H26N2O2/c1-19(17(21)13-4-2-5-13)9-3-8-18-16(20)15-11-12-6-7-14(15)10-12/h6-7,12-15H,2-5,8-11H2,1H3,(H,18,20)/t12-,14-,15-/m1/s1. The lowest BCUT2D eigenvalue weighted by molar-refractivity contribution is -0.136. The predicted molar refractivity (Wildman–Crippen MR) is 81.4 cm³/mol. The Hall–Kier alpha value is -1.32. The van der Waals surface area contributed by atoms with E-state index < -0.39 is 0 Å². The maximum absolute atomic E-state index is 12.2. The summed E-state index contributed by atoms with van der Waals surface area (Å²) < 4.78 is 0. The number of carbonyl (C=O) groups excluding carboxylic acids is 2. The van der Waals surface area contributed by atoms with Crippen LogP contribution in [0.25, 0.3) is 0 Å². The van der Waals surface area contributed by atoms with E-state index in [0.717, 1.165) is 38.6 Å². The minimum absolute atomic E-state index is 0.189. The molecule has 116 valence electrons. The number of hydrogen-bond donors (Lipinski definition) is 1. The molecular formula is C17H26N2O2. The summed E-state index contributed by atoms with van der Waals surface area (Å²) in [5.74, 6) is 2.06. The molecule has 4 nitrogen and oxygen atoms in total. The maximum Gasteiger partial charge on any atom is 0.225 e. The molecule has 3 aliphatic carbocycles. The molecular weight excluding hydrogens is 264 g/mol. The van der Waals surface area contributed by atoms with Crippen LogP contribution < -0.4 is 5.32 Å². The molecule has 3 aliphatic rings. The van der Waals surface area contributed by atoms with Gasteiger partial charge >= 0.3 is 0 Å². The highest BCUT2D eigenvalue weighted by molar-refractivity contribution is 5.80. The van der Waals surface area contributed by atoms with Gasteiger partial charge < -0.3 is 10.2 Å². The van der Waals surface area contributed by atoms with Gasteiger partial charge in [0, 0.05) is 32.0 Å². The number of fused-ring (bicyclic) bond motifs is 2. The van der Waals surface area contributed by atoms with E-state index in [-0.39, 0.29) is 23.7 Å². The first kappa shape index (κ1) is 14.6. The lowest BCUT2D eigenvalue weighted by Crippen LogP contribution is -2.38. The quantitative estimate of drug-likeness (QED) is 0.600. The molecule has 0 radical (unpaired) electrons. The fraction of sp³-hybridized carbons (Fsp3) is 0.765. The Labute approximate surface area is 127 Å². The Bertz CT molecular complexity index is 442. The summed E-state index contributed by atoms with van der Waals surface area (Å²) in [5, 5.41) is 3.05. The van der Waals surface area contributed by atoms with E-state index >= 15 is 0 Å². The maximum atomic E-state index is 12.2. The van der Waals surface area contributed by atoms with Crippen LogP contribution in [0.1, 0.15) is 38.5 Å². The van der Waals surface area contributed by atoms with E-state index in [0.29, 0.717) is 18.4 Å². The molecule has 2 fully saturated rings. The minimum Gasteiger partial charge on any atom is -0.356 e. The third-order valence-electron chi connectivity index (χ3n) is 5.42. The van der Waals surface area contributed by atoms with E-state index in [9.17, 15) is 9.59 Å². The molecule has 21 heavy (non-hydrogen) atoms. The van der Waals surface area contributed by atoms with Crippen LogP contribution in [0.5, 0.6) is 0 Å². The van der Waals surface area contributed by atoms with Crippen LogP contribution in [0.15, 0.2) is 12.2 Å². The van der Waals surface area contributed by atoms with Gasteiger partial charge in [0.15, 0.2) is 0 Å². The van der Waals surface area contributed by atoms with Crippen LogP contribution in [0.3, 0.4) is 0 Å². The number of allylic oxidation sites excluding steroid dienone is 2. The molecule has 0 heterocycles. The van der Waals surface area contributed by atoms with Gasteiger partial charge in [-0.3, -0.25) is 9.59 Å². The second-order valence-electron chi connectivity index (χ2n) is 6.92. The van der Waals surface area contributed by atoms with Crippen molar-refractivity contribution in [3.8, 4) is 0 Å². The van der Waals surface area contributed by atoms with E-state index in [1.165, 1.54) is 6.42 Å². The second kappa shape index (κ2) is 6.20. The normalized spacial score (nSPS) is 30.2. The van der Waals surface area contributed by atoms with Gasteiger partial charge in [0.2, 0.25) is 11.8 Å². The fourth-order valence-electron chi connectivity index (χ4n) is 3.82. The van der Waals surface area contributed by atoms with Crippen molar-refractivity contribution in [3.63, 3.8) is 0 Å². The Kier molecular flexibility index (Phi) is 4.32. The van der Waals surface area contributed by atoms with Gasteiger partial charge in [-0.05, 0) is 43.9 Å². The zero-order chi connectivity index (χ0) is 14.8. The molecule has 0 aliphatic heterocycles. The first-order chi connectivity index (χ1) is 10.1. The average Bonchev–Trinajstić information content (AvgIpc) is 3.03. The number of nitrogens with zero attached hydrogens (tertiary/aromatic N) is 1. The molecule has 2 bridgehead atoms. The van der Waals surface area contributed by atoms with Crippen molar-refractivity contribution in [2.75, 3.05) is 20.1 Å². The van der Waals surface area contributed by atoms with Gasteiger partial charge in [0.25, 0.3) is 0 Å². The molecule has 0 aromatic carbocycles. The summed E-state index contributed by atoms with van der Waals surface area (Å²) in [7, 11) is 1.88. The van der Waals surface area contributed by atoms with Crippen molar-refractivity contribution < 1.29 is 9.59 Å². The highest BCUT2D eigenvalue weighted by atomic mass is 16.2. The van der Waals surface area contributed by atoms with E-state index in [4.69, 9.17) is 0 Å². The van der Waals surface area contributed by atoms with E-state index in [2.05, 4.69) is 17.5 Å². The summed E-state index contributed by atoms with van der Waals surface area (Å²) in [5.41, 5.74) is 0. The molecule has 2 amide bonds. The van der Waals surface area contributed by atoms with Crippen molar-refractivity contribution >= 4 is 11.8 Å². The lowest BCUT2D eigenvalue weighted by atomic mass is 9.84. The lowest BCUT2D eigenvalue weighted by Gasteiger charge is -2.29. The minimum atomic E-state index is 0.189. The molecule has 4 heteroatoms. The van der Waals surface area contributed by atoms with Gasteiger partial charge in [-0.15, -0.1) is 0 Å². The first-order valence-corrected chi connectivity index (χ1v) is 8.36. The Morgan fingerprint density at radius 1 is 1.24 bits per heavy atom. The topological polar surface area (TPSA) is 49.4 Å². The molecule has 0 spiro atoms. The zero-order valence-corrected chi connectivity index (χ0v) is 12.9. The monoisotopic (exact) mass is 290 g/mol. The van der Waals surface area contributed by atoms with E-state index in [1.807, 2.05) is 11.9 Å². The molecule has 2 saturated carbocycles. The van der Waals surface area contributed by atoms with Crippen molar-refractivity contribution in [1.29, 1.82) is 0 Å². The Morgan fingerprint density at radius 2 is 2.05 bits per heavy atom. The average molecular weight is 290 g/mol. The van der Waals surface area contributed by atoms with Crippen LogP contribution in [0.4, 0.5) is 0 Å². The van der Waals surface area contributed by atoms with Gasteiger partial charge in [-0.2, -0.15) is 0 Å². The van der Waals surface area contributed by atoms with Gasteiger partial charge in [-0.1, -0.05) is 18.6 Å². The highest BCUT2D eigenvalue weighted by Gasteiger charge is 2.39. The number of rotatable bonds is 6. The van der Waals surface area contributed by atoms with Crippen molar-refractivity contribution in [2.24, 2.45) is 23.7 Å². The molecule has 0 aromatic rings. The molecule has 0 aromatic heterocycles. The van der Waals surface area contributed by atoms with Crippen molar-refractivity contribution in [3.05, 3.63) is 12.2 Å². The number of nitrogens with one attached hydrogen (secondary N) is 1. The fourth-order valence-corrected chi connectivity index (χ4v) is 3.82. The van der Waals surface area contributed by atoms with Gasteiger partial charge in [-0.25, -0.2) is 0 Å². The summed E-state index contributed by atoms with van der Waals surface area (Å²) in [6, 6.07) is 0. The van der Waals surface area contributed by atoms with Gasteiger partial charge in [0.1, 0.15) is 0 Å². The van der Waals surface area contributed by atoms with Crippen LogP contribution in [0.2, 0.25) is 0 Å². The molecule has 0 saturated heterocycles. The Balaban J connectivity index is 1.32. The van der Waals surface area contributed by atoms with Crippen molar-refractivity contribution in [2.45, 2.75) is 38.5 Å². The summed E-state index contributed by atoms with van der Waals surface area (Å²) in [6.45, 7) is 1.42. The first-order valence-electron chi connectivity index (χ1n) is 8.36. The molecule has 1 N–H and O–H groups in total. The summed E-state index contributed by atoms with van der Waals surface area (Å²) >= 11 is 0. The number of hydrogen-bond acceptors (Lipinski definition) is 2. The van der Waals surface area contributed by atoms with Gasteiger partial charge in [0.05, 0.1) is 0 Å². The van der Waals surface area contributed by atoms with Crippen LogP contribution in [-0.2, 0) is 9.59 Å². The second-order valence-corrected chi connectivity index (χ2v) is 6.92. The molecule has 3 atom stereocenters. The number of amides is 2. The summed E-state index contributed by atoms with van der Waals surface area (Å²) in [6.07, 6.45) is 10.8. The zero-order valence-electron chi connectivity index (χ0n) is 12.9. The smallest absolute Gasteiger partial charge is 0.225 e. The summed E-state index contributed by atoms with van der Waals surface area (Å²) in [4.78, 5) is 26.0. The third-order valence-corrected chi connectivity index (χ3v) is 5.42. The van der Waals surface area contributed by atoms with Crippen LogP contribution >= 0.6 is 0 Å². The Morgan fingerprint density at radius 3 is 2.62 bits per heavy atom. The van der Waals surface area contributed by atoms with Crippen molar-refractivity contribution in [1.82, 2.24) is 10.2 Å². The SMILES string of the molecule is CN(CCCNC(=O)[C@@H]1C[C@@H]2C=C[C@@H]1C2)C(=O)C1CCC1. The molecule has 0 unspecified atom stereocenters.